The van der Waals surface area contributed by atoms with E-state index in [4.69, 9.17) is 4.74 Å². The number of benzene rings is 1. The zero-order valence-electron chi connectivity index (χ0n) is 14.5. The summed E-state index contributed by atoms with van der Waals surface area (Å²) in [5, 5.41) is 12.6. The molecule has 2 N–H and O–H groups in total. The first-order valence-corrected chi connectivity index (χ1v) is 8.15. The molecule has 1 aliphatic heterocycles. The van der Waals surface area contributed by atoms with E-state index in [0.717, 1.165) is 29.3 Å². The van der Waals surface area contributed by atoms with E-state index in [9.17, 15) is 23.1 Å². The molecule has 0 aliphatic carbocycles. The van der Waals surface area contributed by atoms with Gasteiger partial charge in [0.25, 0.3) is 0 Å². The summed E-state index contributed by atoms with van der Waals surface area (Å²) in [4.78, 5) is 20.6. The maximum atomic E-state index is 14.2. The van der Waals surface area contributed by atoms with Crippen LogP contribution in [0.3, 0.4) is 0 Å². The highest BCUT2D eigenvalue weighted by Gasteiger charge is 2.39. The molecule has 27 heavy (non-hydrogen) atoms. The number of carbonyl (C=O) groups is 1. The highest BCUT2D eigenvalue weighted by Crippen LogP contribution is 2.27. The molecular formula is C17H17F3N4O3. The molecule has 3 rings (SSSR count). The Morgan fingerprint density at radius 2 is 1.93 bits per heavy atom. The van der Waals surface area contributed by atoms with Gasteiger partial charge < -0.3 is 15.2 Å². The molecule has 3 atom stereocenters. The van der Waals surface area contributed by atoms with Crippen molar-refractivity contribution in [3.05, 3.63) is 47.4 Å². The van der Waals surface area contributed by atoms with Gasteiger partial charge in [0.1, 0.15) is 24.3 Å². The Bertz CT molecular complexity index is 845. The molecule has 1 fully saturated rings. The normalized spacial score (nSPS) is 19.0. The Balaban J connectivity index is 1.88. The zero-order chi connectivity index (χ0) is 19.7. The van der Waals surface area contributed by atoms with Crippen LogP contribution in [0.15, 0.2) is 24.4 Å². The lowest BCUT2D eigenvalue weighted by Gasteiger charge is -2.23. The highest BCUT2D eigenvalue weighted by atomic mass is 19.1. The summed E-state index contributed by atoms with van der Waals surface area (Å²) in [7, 11) is 0. The molecule has 7 nitrogen and oxygen atoms in total. The quantitative estimate of drug-likeness (QED) is 0.827. The van der Waals surface area contributed by atoms with Crippen molar-refractivity contribution in [2.75, 3.05) is 16.8 Å². The van der Waals surface area contributed by atoms with Gasteiger partial charge in [-0.3, -0.25) is 0 Å². The molecule has 10 heteroatoms. The van der Waals surface area contributed by atoms with Gasteiger partial charge in [0.2, 0.25) is 5.95 Å². The van der Waals surface area contributed by atoms with Crippen molar-refractivity contribution in [2.24, 2.45) is 0 Å². The van der Waals surface area contributed by atoms with Crippen LogP contribution in [0.2, 0.25) is 0 Å². The van der Waals surface area contributed by atoms with Crippen molar-refractivity contribution in [2.45, 2.75) is 32.0 Å². The van der Waals surface area contributed by atoms with Gasteiger partial charge in [-0.05, 0) is 31.5 Å². The fourth-order valence-corrected chi connectivity index (χ4v) is 2.73. The zero-order valence-corrected chi connectivity index (χ0v) is 14.5. The largest absolute Gasteiger partial charge is 0.447 e. The number of hydrogen-bond acceptors (Lipinski definition) is 6. The summed E-state index contributed by atoms with van der Waals surface area (Å²) < 4.78 is 45.8. The molecular weight excluding hydrogens is 365 g/mol. The standard InChI is InChI=1S/C17H17F3N4O3/c1-8(10-3-11(18)5-12(19)4-10)22-16-21-6-13(20)15(23-16)24-14(9(2)25)7-27-17(24)26/h3-6,8-9,14,25H,7H2,1-2H3,(H,21,22,23)/t8-,9+,14?/m0/s1. The first kappa shape index (κ1) is 18.9. The van der Waals surface area contributed by atoms with Gasteiger partial charge in [-0.1, -0.05) is 0 Å². The van der Waals surface area contributed by atoms with Crippen LogP contribution in [0.1, 0.15) is 25.5 Å². The van der Waals surface area contributed by atoms with Gasteiger partial charge >= 0.3 is 6.09 Å². The van der Waals surface area contributed by atoms with Crippen LogP contribution in [0.4, 0.5) is 29.7 Å². The van der Waals surface area contributed by atoms with Gasteiger partial charge in [-0.15, -0.1) is 0 Å². The number of aliphatic hydroxyl groups is 1. The smallest absolute Gasteiger partial charge is 0.416 e. The van der Waals surface area contributed by atoms with Crippen molar-refractivity contribution in [3.63, 3.8) is 0 Å². The second-order valence-electron chi connectivity index (χ2n) is 6.19. The maximum Gasteiger partial charge on any atom is 0.416 e. The van der Waals surface area contributed by atoms with Gasteiger partial charge in [-0.25, -0.2) is 27.8 Å². The van der Waals surface area contributed by atoms with Crippen molar-refractivity contribution >= 4 is 17.9 Å². The van der Waals surface area contributed by atoms with E-state index in [1.165, 1.54) is 6.92 Å². The molecule has 1 aromatic carbocycles. The molecule has 0 radical (unpaired) electrons. The van der Waals surface area contributed by atoms with Crippen molar-refractivity contribution < 1.29 is 27.8 Å². The molecule has 1 aromatic heterocycles. The van der Waals surface area contributed by atoms with E-state index in [-0.39, 0.29) is 18.4 Å². The highest BCUT2D eigenvalue weighted by molar-refractivity contribution is 5.89. The molecule has 0 bridgehead atoms. The number of carbonyl (C=O) groups excluding carboxylic acids is 1. The Hall–Kier alpha value is -2.88. The molecule has 1 unspecified atom stereocenters. The molecule has 1 aliphatic rings. The second kappa shape index (κ2) is 7.39. The minimum Gasteiger partial charge on any atom is -0.447 e. The number of nitrogens with zero attached hydrogens (tertiary/aromatic N) is 3. The summed E-state index contributed by atoms with van der Waals surface area (Å²) in [6.45, 7) is 2.95. The van der Waals surface area contributed by atoms with E-state index >= 15 is 0 Å². The van der Waals surface area contributed by atoms with Crippen molar-refractivity contribution in [3.8, 4) is 0 Å². The fraction of sp³-hybridized carbons (Fsp3) is 0.353. The number of nitrogens with one attached hydrogen (secondary N) is 1. The fourth-order valence-electron chi connectivity index (χ4n) is 2.73. The van der Waals surface area contributed by atoms with Gasteiger partial charge in [0, 0.05) is 6.07 Å². The predicted molar refractivity (Wildman–Crippen MR) is 89.7 cm³/mol. The molecule has 144 valence electrons. The first-order valence-electron chi connectivity index (χ1n) is 8.15. The van der Waals surface area contributed by atoms with Crippen LogP contribution in [0.25, 0.3) is 0 Å². The molecule has 0 saturated carbocycles. The van der Waals surface area contributed by atoms with Crippen LogP contribution in [0, 0.1) is 17.5 Å². The average molecular weight is 382 g/mol. The maximum absolute atomic E-state index is 14.2. The molecule has 1 amide bonds. The number of halogens is 3. The lowest BCUT2D eigenvalue weighted by molar-refractivity contribution is 0.142. The van der Waals surface area contributed by atoms with Gasteiger partial charge in [0.05, 0.1) is 18.3 Å². The van der Waals surface area contributed by atoms with E-state index in [2.05, 4.69) is 15.3 Å². The van der Waals surface area contributed by atoms with Crippen molar-refractivity contribution in [1.82, 2.24) is 9.97 Å². The van der Waals surface area contributed by atoms with Crippen LogP contribution >= 0.6 is 0 Å². The topological polar surface area (TPSA) is 87.6 Å². The van der Waals surface area contributed by atoms with Crippen LogP contribution in [-0.2, 0) is 4.74 Å². The number of anilines is 2. The molecule has 2 heterocycles. The number of amides is 1. The Morgan fingerprint density at radius 3 is 2.56 bits per heavy atom. The monoisotopic (exact) mass is 382 g/mol. The van der Waals surface area contributed by atoms with E-state index < -0.39 is 41.7 Å². The summed E-state index contributed by atoms with van der Waals surface area (Å²) in [6, 6.07) is 1.63. The minimum atomic E-state index is -0.976. The SMILES string of the molecule is C[C@H](Nc1ncc(F)c(N2C(=O)OCC2[C@@H](C)O)n1)c1cc(F)cc(F)c1. The molecule has 0 spiro atoms. The van der Waals surface area contributed by atoms with Crippen LogP contribution in [-0.4, -0.2) is 39.9 Å². The van der Waals surface area contributed by atoms with Crippen LogP contribution in [0.5, 0.6) is 0 Å². The van der Waals surface area contributed by atoms with Crippen LogP contribution < -0.4 is 10.2 Å². The third kappa shape index (κ3) is 3.95. The number of cyclic esters (lactones) is 1. The Morgan fingerprint density at radius 1 is 1.26 bits per heavy atom. The summed E-state index contributed by atoms with van der Waals surface area (Å²) in [5.74, 6) is -2.78. The predicted octanol–water partition coefficient (Wildman–Crippen LogP) is 2.77. The van der Waals surface area contributed by atoms with E-state index in [1.807, 2.05) is 0 Å². The third-order valence-electron chi connectivity index (χ3n) is 4.15. The summed E-state index contributed by atoms with van der Waals surface area (Å²) in [5.41, 5.74) is 0.296. The summed E-state index contributed by atoms with van der Waals surface area (Å²) in [6.07, 6.45) is -0.963. The lowest BCUT2D eigenvalue weighted by atomic mass is 10.1. The molecule has 2 aromatic rings. The van der Waals surface area contributed by atoms with Crippen molar-refractivity contribution in [1.29, 1.82) is 0 Å². The molecule has 1 saturated heterocycles. The Labute approximate surface area is 152 Å². The van der Waals surface area contributed by atoms with Gasteiger partial charge in [-0.2, -0.15) is 4.98 Å². The number of aliphatic hydroxyl groups excluding tert-OH is 1. The number of rotatable bonds is 5. The number of aromatic nitrogens is 2. The average Bonchev–Trinajstić information content (AvgIpc) is 2.97. The number of ether oxygens (including phenoxy) is 1. The van der Waals surface area contributed by atoms with E-state index in [1.54, 1.807) is 6.92 Å². The lowest BCUT2D eigenvalue weighted by Crippen LogP contribution is -2.42. The minimum absolute atomic E-state index is 0.0624. The Kier molecular flexibility index (Phi) is 5.17. The third-order valence-corrected chi connectivity index (χ3v) is 4.15. The van der Waals surface area contributed by atoms with E-state index in [0.29, 0.717) is 5.56 Å². The first-order chi connectivity index (χ1) is 12.8. The van der Waals surface area contributed by atoms with Gasteiger partial charge in [0.15, 0.2) is 11.6 Å². The second-order valence-corrected chi connectivity index (χ2v) is 6.19. The number of hydrogen-bond donors (Lipinski definition) is 2. The summed E-state index contributed by atoms with van der Waals surface area (Å²) >= 11 is 0.